The van der Waals surface area contributed by atoms with Crippen LogP contribution in [0.2, 0.25) is 0 Å². The molecule has 0 aliphatic heterocycles. The lowest BCUT2D eigenvalue weighted by Crippen LogP contribution is -2.26. The maximum atomic E-state index is 12.3. The van der Waals surface area contributed by atoms with E-state index in [9.17, 15) is 13.2 Å². The van der Waals surface area contributed by atoms with E-state index in [-0.39, 0.29) is 38.7 Å². The van der Waals surface area contributed by atoms with E-state index in [0.717, 1.165) is 0 Å². The number of sulfone groups is 1. The number of amides is 1. The van der Waals surface area contributed by atoms with Crippen molar-refractivity contribution in [2.75, 3.05) is 0 Å². The van der Waals surface area contributed by atoms with Gasteiger partial charge in [0.15, 0.2) is 15.0 Å². The van der Waals surface area contributed by atoms with Crippen LogP contribution in [0.4, 0.5) is 0 Å². The molecule has 10 heteroatoms. The number of hydrogen-bond donors (Lipinski definition) is 3. The van der Waals surface area contributed by atoms with Crippen molar-refractivity contribution in [3.05, 3.63) is 42.0 Å². The summed E-state index contributed by atoms with van der Waals surface area (Å²) in [5.41, 5.74) is 0.178. The molecule has 2 aromatic rings. The molecule has 1 aromatic carbocycles. The Morgan fingerprint density at radius 3 is 2.38 bits per heavy atom. The summed E-state index contributed by atoms with van der Waals surface area (Å²) in [4.78, 5) is 16.7. The summed E-state index contributed by atoms with van der Waals surface area (Å²) in [6.45, 7) is 3.63. The zero-order valence-corrected chi connectivity index (χ0v) is 17.6. The third kappa shape index (κ3) is 5.48. The molecule has 3 rings (SSSR count). The Balaban J connectivity index is 1.85. The number of ether oxygens (including phenoxy) is 2. The first-order valence-electron chi connectivity index (χ1n) is 8.94. The van der Waals surface area contributed by atoms with Gasteiger partial charge in [-0.1, -0.05) is 0 Å². The lowest BCUT2D eigenvalue weighted by atomic mass is 10.2. The summed E-state index contributed by atoms with van der Waals surface area (Å²) < 4.78 is 35.8. The van der Waals surface area contributed by atoms with Crippen LogP contribution in [0.5, 0.6) is 17.5 Å². The van der Waals surface area contributed by atoms with Gasteiger partial charge >= 0.3 is 0 Å². The first kappa shape index (κ1) is 21.1. The highest BCUT2D eigenvalue weighted by Crippen LogP contribution is 2.34. The van der Waals surface area contributed by atoms with Crippen LogP contribution in [0.25, 0.3) is 0 Å². The molecule has 0 unspecified atom stereocenters. The number of benzene rings is 1. The van der Waals surface area contributed by atoms with Crippen molar-refractivity contribution in [3.8, 4) is 17.5 Å². The molecule has 1 aliphatic rings. The molecule has 0 bridgehead atoms. The third-order valence-corrected chi connectivity index (χ3v) is 6.36. The Morgan fingerprint density at radius 1 is 1.21 bits per heavy atom. The van der Waals surface area contributed by atoms with Crippen molar-refractivity contribution in [1.82, 2.24) is 10.3 Å². The van der Waals surface area contributed by atoms with Gasteiger partial charge in [0, 0.05) is 12.1 Å². The van der Waals surface area contributed by atoms with E-state index in [1.165, 1.54) is 36.4 Å². The molecule has 0 atom stereocenters. The van der Waals surface area contributed by atoms with Gasteiger partial charge in [0.1, 0.15) is 5.75 Å². The summed E-state index contributed by atoms with van der Waals surface area (Å²) in [7, 11) is -3.28. The molecule has 29 heavy (non-hydrogen) atoms. The van der Waals surface area contributed by atoms with Gasteiger partial charge in [-0.2, -0.15) is 4.98 Å². The van der Waals surface area contributed by atoms with E-state index in [4.69, 9.17) is 14.9 Å². The van der Waals surface area contributed by atoms with Crippen LogP contribution in [-0.4, -0.2) is 35.8 Å². The van der Waals surface area contributed by atoms with Crippen molar-refractivity contribution in [1.29, 1.82) is 5.41 Å². The summed E-state index contributed by atoms with van der Waals surface area (Å²) in [5, 5.41) is 8.98. The third-order valence-electron chi connectivity index (χ3n) is 3.97. The molecule has 0 spiro atoms. The van der Waals surface area contributed by atoms with Crippen molar-refractivity contribution in [2.45, 2.75) is 42.9 Å². The number of hydrogen-bond acceptors (Lipinski definition) is 7. The predicted octanol–water partition coefficient (Wildman–Crippen LogP) is 3.19. The normalized spacial score (nSPS) is 13.8. The second-order valence-corrected chi connectivity index (χ2v) is 9.49. The van der Waals surface area contributed by atoms with Gasteiger partial charge in [0.2, 0.25) is 11.8 Å². The average molecular weight is 436 g/mol. The minimum atomic E-state index is -3.28. The van der Waals surface area contributed by atoms with Crippen LogP contribution >= 0.6 is 12.6 Å². The monoisotopic (exact) mass is 435 g/mol. The fourth-order valence-electron chi connectivity index (χ4n) is 2.53. The zero-order valence-electron chi connectivity index (χ0n) is 15.9. The number of carbonyl (C=O) groups excluding carboxylic acids is 1. The number of pyridine rings is 1. The quantitative estimate of drug-likeness (QED) is 0.349. The van der Waals surface area contributed by atoms with Gasteiger partial charge in [0.25, 0.3) is 5.91 Å². The number of nitrogens with zero attached hydrogens (tertiary/aromatic N) is 1. The van der Waals surface area contributed by atoms with Gasteiger partial charge in [-0.05, 0) is 51.0 Å². The Bertz CT molecular complexity index is 1030. The van der Waals surface area contributed by atoms with Crippen LogP contribution in [-0.2, 0) is 9.84 Å². The molecule has 1 saturated carbocycles. The summed E-state index contributed by atoms with van der Waals surface area (Å²) >= 11 is 3.75. The maximum absolute atomic E-state index is 12.3. The first-order valence-corrected chi connectivity index (χ1v) is 10.9. The number of nitrogens with one attached hydrogen (secondary N) is 2. The Labute approximate surface area is 174 Å². The minimum Gasteiger partial charge on any atom is -0.475 e. The average Bonchev–Trinajstić information content (AvgIpc) is 3.46. The molecule has 0 saturated heterocycles. The van der Waals surface area contributed by atoms with E-state index in [2.05, 4.69) is 22.9 Å². The largest absolute Gasteiger partial charge is 0.475 e. The van der Waals surface area contributed by atoms with E-state index in [1.807, 2.05) is 13.8 Å². The molecule has 1 amide bonds. The fourth-order valence-corrected chi connectivity index (χ4v) is 4.29. The standard InChI is InChI=1S/C19H21N3O5S2/c1-11(2)26-16-9-12(18(23)22-19(20)28)10-17(21-16)27-13-3-5-14(6-4-13)29(24,25)15-7-8-15/h3-6,9-11,15H,7-8H2,1-2H3,(H3,20,22,23,28). The van der Waals surface area contributed by atoms with Gasteiger partial charge in [-0.3, -0.25) is 10.2 Å². The fraction of sp³-hybridized carbons (Fsp3) is 0.316. The van der Waals surface area contributed by atoms with Crippen LogP contribution in [0.1, 0.15) is 37.0 Å². The van der Waals surface area contributed by atoms with Gasteiger partial charge < -0.3 is 14.8 Å². The number of amidine groups is 1. The van der Waals surface area contributed by atoms with E-state index >= 15 is 0 Å². The molecule has 1 aliphatic carbocycles. The summed E-state index contributed by atoms with van der Waals surface area (Å²) in [6, 6.07) is 8.89. The number of carbonyl (C=O) groups is 1. The second-order valence-electron chi connectivity index (χ2n) is 6.82. The molecule has 1 aromatic heterocycles. The highest BCUT2D eigenvalue weighted by molar-refractivity contribution is 7.96. The van der Waals surface area contributed by atoms with Crippen LogP contribution in [0, 0.1) is 5.41 Å². The molecule has 0 radical (unpaired) electrons. The van der Waals surface area contributed by atoms with E-state index < -0.39 is 15.7 Å². The molecule has 8 nitrogen and oxygen atoms in total. The van der Waals surface area contributed by atoms with Gasteiger partial charge in [-0.25, -0.2) is 8.42 Å². The van der Waals surface area contributed by atoms with Crippen molar-refractivity contribution in [2.24, 2.45) is 0 Å². The number of aromatic nitrogens is 1. The van der Waals surface area contributed by atoms with Gasteiger partial charge in [0.05, 0.1) is 21.8 Å². The molecule has 2 N–H and O–H groups in total. The van der Waals surface area contributed by atoms with Crippen LogP contribution in [0.3, 0.4) is 0 Å². The molecular formula is C19H21N3O5S2. The van der Waals surface area contributed by atoms with E-state index in [0.29, 0.717) is 18.6 Å². The Kier molecular flexibility index (Phi) is 6.13. The molecular weight excluding hydrogens is 414 g/mol. The lowest BCUT2D eigenvalue weighted by molar-refractivity contribution is 0.0976. The SMILES string of the molecule is CC(C)Oc1cc(C(=O)NC(=N)S)cc(Oc2ccc(S(=O)(=O)C3CC3)cc2)n1. The smallest absolute Gasteiger partial charge is 0.257 e. The minimum absolute atomic E-state index is 0.0943. The maximum Gasteiger partial charge on any atom is 0.257 e. The molecule has 1 fully saturated rings. The van der Waals surface area contributed by atoms with Crippen molar-refractivity contribution < 1.29 is 22.7 Å². The lowest BCUT2D eigenvalue weighted by Gasteiger charge is -2.13. The summed E-state index contributed by atoms with van der Waals surface area (Å²) in [5.74, 6) is 0.0806. The number of rotatable bonds is 7. The highest BCUT2D eigenvalue weighted by atomic mass is 32.2. The topological polar surface area (TPSA) is 118 Å². The molecule has 154 valence electrons. The Morgan fingerprint density at radius 2 is 1.83 bits per heavy atom. The van der Waals surface area contributed by atoms with Gasteiger partial charge in [-0.15, -0.1) is 12.6 Å². The van der Waals surface area contributed by atoms with Crippen molar-refractivity contribution in [3.63, 3.8) is 0 Å². The Hall–Kier alpha value is -2.59. The predicted molar refractivity (Wildman–Crippen MR) is 111 cm³/mol. The zero-order chi connectivity index (χ0) is 21.2. The second kappa shape index (κ2) is 8.42. The highest BCUT2D eigenvalue weighted by Gasteiger charge is 2.36. The first-order chi connectivity index (χ1) is 13.6. The summed E-state index contributed by atoms with van der Waals surface area (Å²) in [6.07, 6.45) is 1.22. The molecule has 1 heterocycles. The van der Waals surface area contributed by atoms with E-state index in [1.54, 1.807) is 0 Å². The van der Waals surface area contributed by atoms with Crippen molar-refractivity contribution >= 4 is 33.5 Å². The number of thiol groups is 1. The van der Waals surface area contributed by atoms with Crippen LogP contribution < -0.4 is 14.8 Å². The van der Waals surface area contributed by atoms with Crippen LogP contribution in [0.15, 0.2) is 41.3 Å².